The number of urea groups is 1. The first kappa shape index (κ1) is 21.7. The lowest BCUT2D eigenvalue weighted by Crippen LogP contribution is -2.54. The third-order valence-corrected chi connectivity index (χ3v) is 6.35. The van der Waals surface area contributed by atoms with Crippen molar-refractivity contribution < 1.29 is 9.59 Å². The Bertz CT molecular complexity index is 910. The van der Waals surface area contributed by atoms with Crippen molar-refractivity contribution in [1.82, 2.24) is 20.0 Å². The molecule has 2 aromatic carbocycles. The molecule has 3 amide bonds. The van der Waals surface area contributed by atoms with Crippen molar-refractivity contribution in [3.05, 3.63) is 70.2 Å². The molecule has 6 nitrogen and oxygen atoms in total. The van der Waals surface area contributed by atoms with Gasteiger partial charge in [-0.1, -0.05) is 48.0 Å². The van der Waals surface area contributed by atoms with Crippen LogP contribution < -0.4 is 5.32 Å². The number of fused-ring (bicyclic) bond motifs is 1. The topological polar surface area (TPSA) is 55.9 Å². The van der Waals surface area contributed by atoms with E-state index in [9.17, 15) is 9.59 Å². The van der Waals surface area contributed by atoms with E-state index in [-0.39, 0.29) is 11.9 Å². The number of halogens is 1. The third kappa shape index (κ3) is 5.77. The van der Waals surface area contributed by atoms with Gasteiger partial charge < -0.3 is 15.1 Å². The summed E-state index contributed by atoms with van der Waals surface area (Å²) < 4.78 is 0. The smallest absolute Gasteiger partial charge is 0.317 e. The molecule has 2 aromatic rings. The maximum atomic E-state index is 12.5. The number of hydrogen-bond acceptors (Lipinski definition) is 3. The molecule has 7 heteroatoms. The predicted octanol–water partition coefficient (Wildman–Crippen LogP) is 2.79. The number of rotatable bonds is 5. The molecule has 0 spiro atoms. The highest BCUT2D eigenvalue weighted by Crippen LogP contribution is 2.18. The number of amides is 3. The molecule has 2 aliphatic heterocycles. The number of carbonyl (C=O) groups is 2. The number of nitrogens with zero attached hydrogens (tertiary/aromatic N) is 3. The second kappa shape index (κ2) is 10.2. The number of benzene rings is 2. The zero-order chi connectivity index (χ0) is 21.6. The maximum absolute atomic E-state index is 12.5. The Balaban J connectivity index is 1.16. The van der Waals surface area contributed by atoms with Gasteiger partial charge in [-0.25, -0.2) is 4.79 Å². The van der Waals surface area contributed by atoms with Crippen molar-refractivity contribution in [3.8, 4) is 0 Å². The lowest BCUT2D eigenvalue weighted by atomic mass is 10.00. The van der Waals surface area contributed by atoms with Crippen molar-refractivity contribution in [2.45, 2.75) is 19.4 Å². The van der Waals surface area contributed by atoms with Crippen LogP contribution in [0.2, 0.25) is 5.02 Å². The van der Waals surface area contributed by atoms with E-state index in [2.05, 4.69) is 34.5 Å². The van der Waals surface area contributed by atoms with Crippen LogP contribution in [0.5, 0.6) is 0 Å². The first-order chi connectivity index (χ1) is 15.1. The largest absolute Gasteiger partial charge is 0.339 e. The van der Waals surface area contributed by atoms with E-state index in [4.69, 9.17) is 11.6 Å². The summed E-state index contributed by atoms with van der Waals surface area (Å²) in [6.45, 7) is 5.73. The molecule has 0 atom stereocenters. The predicted molar refractivity (Wildman–Crippen MR) is 122 cm³/mol. The summed E-state index contributed by atoms with van der Waals surface area (Å²) in [5, 5.41) is 3.71. The van der Waals surface area contributed by atoms with Gasteiger partial charge in [-0.05, 0) is 35.2 Å². The SMILES string of the molecule is O=C(Cc1ccc(Cl)cc1)N1CCN(C(=O)NCCN2CCc3ccccc3C2)CC1. The molecule has 0 aromatic heterocycles. The summed E-state index contributed by atoms with van der Waals surface area (Å²) in [6, 6.07) is 15.9. The molecule has 1 saturated heterocycles. The molecule has 1 N–H and O–H groups in total. The molecule has 2 heterocycles. The molecule has 4 rings (SSSR count). The van der Waals surface area contributed by atoms with E-state index in [1.807, 2.05) is 17.0 Å². The van der Waals surface area contributed by atoms with Crippen molar-refractivity contribution in [2.75, 3.05) is 45.8 Å². The van der Waals surface area contributed by atoms with E-state index in [1.54, 1.807) is 17.0 Å². The van der Waals surface area contributed by atoms with Crippen LogP contribution in [0.3, 0.4) is 0 Å². The van der Waals surface area contributed by atoms with Crippen LogP contribution in [0.1, 0.15) is 16.7 Å². The Kier molecular flexibility index (Phi) is 7.10. The number of piperazine rings is 1. The number of hydrogen-bond donors (Lipinski definition) is 1. The molecule has 0 unspecified atom stereocenters. The fourth-order valence-corrected chi connectivity index (χ4v) is 4.35. The van der Waals surface area contributed by atoms with E-state index >= 15 is 0 Å². The minimum absolute atomic E-state index is 0.0396. The van der Waals surface area contributed by atoms with Crippen molar-refractivity contribution in [3.63, 3.8) is 0 Å². The van der Waals surface area contributed by atoms with Crippen LogP contribution >= 0.6 is 11.6 Å². The fraction of sp³-hybridized carbons (Fsp3) is 0.417. The van der Waals surface area contributed by atoms with Crippen LogP contribution in [0.15, 0.2) is 48.5 Å². The monoisotopic (exact) mass is 440 g/mol. The summed E-state index contributed by atoms with van der Waals surface area (Å²) >= 11 is 5.90. The van der Waals surface area contributed by atoms with Gasteiger partial charge in [-0.3, -0.25) is 9.69 Å². The van der Waals surface area contributed by atoms with E-state index in [0.717, 1.165) is 31.6 Å². The van der Waals surface area contributed by atoms with Gasteiger partial charge in [0.25, 0.3) is 0 Å². The van der Waals surface area contributed by atoms with Crippen LogP contribution in [-0.4, -0.2) is 72.5 Å². The third-order valence-electron chi connectivity index (χ3n) is 6.10. The first-order valence-corrected chi connectivity index (χ1v) is 11.3. The van der Waals surface area contributed by atoms with E-state index < -0.39 is 0 Å². The zero-order valence-corrected chi connectivity index (χ0v) is 18.5. The van der Waals surface area contributed by atoms with Gasteiger partial charge in [0.2, 0.25) is 5.91 Å². The fourth-order valence-electron chi connectivity index (χ4n) is 4.23. The molecule has 31 heavy (non-hydrogen) atoms. The van der Waals surface area contributed by atoms with Crippen LogP contribution in [0, 0.1) is 0 Å². The van der Waals surface area contributed by atoms with E-state index in [1.165, 1.54) is 11.1 Å². The quantitative estimate of drug-likeness (QED) is 0.777. The van der Waals surface area contributed by atoms with Crippen molar-refractivity contribution in [1.29, 1.82) is 0 Å². The van der Waals surface area contributed by atoms with Crippen molar-refractivity contribution in [2.24, 2.45) is 0 Å². The van der Waals surface area contributed by atoms with Crippen molar-refractivity contribution >= 4 is 23.5 Å². The van der Waals surface area contributed by atoms with Gasteiger partial charge in [0, 0.05) is 57.4 Å². The summed E-state index contributed by atoms with van der Waals surface area (Å²) in [5.41, 5.74) is 3.78. The Morgan fingerprint density at radius 2 is 1.55 bits per heavy atom. The molecule has 0 radical (unpaired) electrons. The van der Waals surface area contributed by atoms with Gasteiger partial charge in [0.05, 0.1) is 6.42 Å². The molecule has 164 valence electrons. The first-order valence-electron chi connectivity index (χ1n) is 10.9. The Morgan fingerprint density at radius 3 is 2.29 bits per heavy atom. The average molecular weight is 441 g/mol. The highest BCUT2D eigenvalue weighted by Gasteiger charge is 2.24. The zero-order valence-electron chi connectivity index (χ0n) is 17.7. The average Bonchev–Trinajstić information content (AvgIpc) is 2.80. The lowest BCUT2D eigenvalue weighted by Gasteiger charge is -2.35. The van der Waals surface area contributed by atoms with E-state index in [0.29, 0.717) is 44.2 Å². The van der Waals surface area contributed by atoms with Crippen LogP contribution in [-0.2, 0) is 24.2 Å². The van der Waals surface area contributed by atoms with Gasteiger partial charge in [0.15, 0.2) is 0 Å². The van der Waals surface area contributed by atoms with Gasteiger partial charge >= 0.3 is 6.03 Å². The molecule has 0 aliphatic carbocycles. The van der Waals surface area contributed by atoms with Crippen LogP contribution in [0.4, 0.5) is 4.79 Å². The Hall–Kier alpha value is -2.57. The molecule has 2 aliphatic rings. The minimum atomic E-state index is -0.0396. The van der Waals surface area contributed by atoms with Gasteiger partial charge in [0.1, 0.15) is 0 Å². The molecule has 0 bridgehead atoms. The maximum Gasteiger partial charge on any atom is 0.317 e. The summed E-state index contributed by atoms with van der Waals surface area (Å²) in [7, 11) is 0. The summed E-state index contributed by atoms with van der Waals surface area (Å²) in [4.78, 5) is 31.1. The normalized spacial score (nSPS) is 16.7. The molecular formula is C24H29ClN4O2. The Morgan fingerprint density at radius 1 is 0.871 bits per heavy atom. The number of carbonyl (C=O) groups excluding carboxylic acids is 2. The standard InChI is InChI=1S/C24H29ClN4O2/c25-22-7-5-19(6-8-22)17-23(30)28-13-15-29(16-14-28)24(31)26-10-12-27-11-9-20-3-1-2-4-21(20)18-27/h1-8H,9-18H2,(H,26,31). The molecule has 0 saturated carbocycles. The minimum Gasteiger partial charge on any atom is -0.339 e. The molecular weight excluding hydrogens is 412 g/mol. The highest BCUT2D eigenvalue weighted by atomic mass is 35.5. The van der Waals surface area contributed by atoms with Gasteiger partial charge in [-0.2, -0.15) is 0 Å². The van der Waals surface area contributed by atoms with Crippen LogP contribution in [0.25, 0.3) is 0 Å². The lowest BCUT2D eigenvalue weighted by molar-refractivity contribution is -0.131. The second-order valence-electron chi connectivity index (χ2n) is 8.20. The summed E-state index contributed by atoms with van der Waals surface area (Å²) in [6.07, 6.45) is 1.43. The van der Waals surface area contributed by atoms with Gasteiger partial charge in [-0.15, -0.1) is 0 Å². The highest BCUT2D eigenvalue weighted by molar-refractivity contribution is 6.30. The number of nitrogens with one attached hydrogen (secondary N) is 1. The second-order valence-corrected chi connectivity index (χ2v) is 8.63. The summed E-state index contributed by atoms with van der Waals surface area (Å²) in [5.74, 6) is 0.0905. The molecule has 1 fully saturated rings. The Labute approximate surface area is 188 Å².